The molecule has 0 bridgehead atoms. The van der Waals surface area contributed by atoms with Crippen molar-refractivity contribution in [3.63, 3.8) is 0 Å². The van der Waals surface area contributed by atoms with Gasteiger partial charge in [-0.15, -0.1) is 23.7 Å². The van der Waals surface area contributed by atoms with Gasteiger partial charge in [0.25, 0.3) is 5.91 Å². The molecule has 2 rings (SSSR count). The molecule has 1 amide bonds. The first-order valence-electron chi connectivity index (χ1n) is 6.45. The molecule has 1 aliphatic rings. The van der Waals surface area contributed by atoms with Gasteiger partial charge in [0.05, 0.1) is 0 Å². The molecule has 1 aliphatic heterocycles. The van der Waals surface area contributed by atoms with E-state index >= 15 is 0 Å². The van der Waals surface area contributed by atoms with Gasteiger partial charge in [0.2, 0.25) is 0 Å². The van der Waals surface area contributed by atoms with Crippen molar-refractivity contribution >= 4 is 45.6 Å². The van der Waals surface area contributed by atoms with E-state index in [1.165, 1.54) is 11.3 Å². The summed E-state index contributed by atoms with van der Waals surface area (Å²) in [7, 11) is 0. The SMILES string of the molecule is CCNCC1CCN(C(=O)c2sccc2Br)CC1.Cl. The average molecular weight is 368 g/mol. The fourth-order valence-electron chi connectivity index (χ4n) is 2.28. The van der Waals surface area contributed by atoms with Crippen LogP contribution < -0.4 is 5.32 Å². The Hall–Kier alpha value is -0.100. The van der Waals surface area contributed by atoms with Gasteiger partial charge in [0, 0.05) is 17.6 Å². The maximum atomic E-state index is 12.3. The number of amides is 1. The monoisotopic (exact) mass is 366 g/mol. The van der Waals surface area contributed by atoms with Crippen molar-refractivity contribution in [2.75, 3.05) is 26.2 Å². The number of nitrogens with zero attached hydrogens (tertiary/aromatic N) is 1. The van der Waals surface area contributed by atoms with Crippen molar-refractivity contribution in [3.05, 3.63) is 20.8 Å². The minimum atomic E-state index is 0. The predicted octanol–water partition coefficient (Wildman–Crippen LogP) is 3.39. The number of nitrogens with one attached hydrogen (secondary N) is 1. The second-order valence-electron chi connectivity index (χ2n) is 4.64. The van der Waals surface area contributed by atoms with Crippen LogP contribution in [0.5, 0.6) is 0 Å². The summed E-state index contributed by atoms with van der Waals surface area (Å²) in [5, 5.41) is 5.34. The molecule has 19 heavy (non-hydrogen) atoms. The van der Waals surface area contributed by atoms with Crippen LogP contribution in [0.15, 0.2) is 15.9 Å². The molecule has 2 heterocycles. The van der Waals surface area contributed by atoms with Gasteiger partial charge in [-0.05, 0) is 59.2 Å². The zero-order valence-corrected chi connectivity index (χ0v) is 14.2. The van der Waals surface area contributed by atoms with Gasteiger partial charge in [-0.2, -0.15) is 0 Å². The van der Waals surface area contributed by atoms with Crippen LogP contribution in [-0.4, -0.2) is 37.0 Å². The van der Waals surface area contributed by atoms with Crippen molar-refractivity contribution in [2.24, 2.45) is 5.92 Å². The Kier molecular flexibility index (Phi) is 7.36. The van der Waals surface area contributed by atoms with Gasteiger partial charge >= 0.3 is 0 Å². The van der Waals surface area contributed by atoms with Crippen LogP contribution in [0.3, 0.4) is 0 Å². The van der Waals surface area contributed by atoms with Crippen molar-refractivity contribution in [1.29, 1.82) is 0 Å². The van der Waals surface area contributed by atoms with Crippen LogP contribution in [0.2, 0.25) is 0 Å². The highest BCUT2D eigenvalue weighted by atomic mass is 79.9. The highest BCUT2D eigenvalue weighted by Gasteiger charge is 2.25. The van der Waals surface area contributed by atoms with E-state index in [0.29, 0.717) is 0 Å². The van der Waals surface area contributed by atoms with Gasteiger partial charge in [-0.25, -0.2) is 0 Å². The van der Waals surface area contributed by atoms with E-state index < -0.39 is 0 Å². The Morgan fingerprint density at radius 2 is 2.21 bits per heavy atom. The lowest BCUT2D eigenvalue weighted by Gasteiger charge is -2.32. The number of thiophene rings is 1. The van der Waals surface area contributed by atoms with Gasteiger partial charge in [0.1, 0.15) is 4.88 Å². The molecule has 3 nitrogen and oxygen atoms in total. The van der Waals surface area contributed by atoms with Gasteiger partial charge in [-0.1, -0.05) is 6.92 Å². The molecule has 1 aromatic heterocycles. The molecule has 0 radical (unpaired) electrons. The van der Waals surface area contributed by atoms with Gasteiger partial charge in [-0.3, -0.25) is 4.79 Å². The number of halogens is 2. The Morgan fingerprint density at radius 3 is 2.74 bits per heavy atom. The fraction of sp³-hybridized carbons (Fsp3) is 0.615. The molecule has 0 atom stereocenters. The molecule has 0 saturated carbocycles. The van der Waals surface area contributed by atoms with Gasteiger partial charge in [0.15, 0.2) is 0 Å². The van der Waals surface area contributed by atoms with Crippen molar-refractivity contribution in [1.82, 2.24) is 10.2 Å². The second-order valence-corrected chi connectivity index (χ2v) is 6.41. The third-order valence-electron chi connectivity index (χ3n) is 3.40. The largest absolute Gasteiger partial charge is 0.338 e. The zero-order valence-electron chi connectivity index (χ0n) is 11.0. The van der Waals surface area contributed by atoms with Crippen molar-refractivity contribution < 1.29 is 4.79 Å². The van der Waals surface area contributed by atoms with E-state index in [1.54, 1.807) is 0 Å². The lowest BCUT2D eigenvalue weighted by molar-refractivity contribution is 0.0694. The summed E-state index contributed by atoms with van der Waals surface area (Å²) in [6.07, 6.45) is 2.23. The smallest absolute Gasteiger partial charge is 0.265 e. The second kappa shape index (κ2) is 8.25. The Balaban J connectivity index is 0.00000180. The third kappa shape index (κ3) is 4.45. The van der Waals surface area contributed by atoms with Crippen LogP contribution in [0, 0.1) is 5.92 Å². The highest BCUT2D eigenvalue weighted by Crippen LogP contribution is 2.26. The molecule has 108 valence electrons. The molecule has 1 aromatic rings. The molecular weight excluding hydrogens is 348 g/mol. The lowest BCUT2D eigenvalue weighted by atomic mass is 9.96. The molecule has 0 unspecified atom stereocenters. The highest BCUT2D eigenvalue weighted by molar-refractivity contribution is 9.10. The van der Waals surface area contributed by atoms with Crippen molar-refractivity contribution in [3.8, 4) is 0 Å². The first kappa shape index (κ1) is 17.0. The summed E-state index contributed by atoms with van der Waals surface area (Å²) in [5.74, 6) is 0.902. The maximum Gasteiger partial charge on any atom is 0.265 e. The molecule has 1 fully saturated rings. The van der Waals surface area contributed by atoms with Crippen molar-refractivity contribution in [2.45, 2.75) is 19.8 Å². The standard InChI is InChI=1S/C13H19BrN2OS.ClH/c1-2-15-9-10-3-6-16(7-4-10)13(17)12-11(14)5-8-18-12;/h5,8,10,15H,2-4,6-7,9H2,1H3;1H. The number of piperidine rings is 1. The van der Waals surface area contributed by atoms with E-state index in [9.17, 15) is 4.79 Å². The molecular formula is C13H20BrClN2OS. The summed E-state index contributed by atoms with van der Waals surface area (Å²) >= 11 is 4.95. The molecule has 0 aromatic carbocycles. The Bertz CT molecular complexity index is 405. The zero-order chi connectivity index (χ0) is 13.0. The number of hydrogen-bond donors (Lipinski definition) is 1. The molecule has 0 aliphatic carbocycles. The quantitative estimate of drug-likeness (QED) is 0.884. The summed E-state index contributed by atoms with van der Waals surface area (Å²) in [6.45, 7) is 6.02. The number of hydrogen-bond acceptors (Lipinski definition) is 3. The molecule has 6 heteroatoms. The molecule has 0 spiro atoms. The van der Waals surface area contributed by atoms with Crippen LogP contribution in [0.4, 0.5) is 0 Å². The lowest BCUT2D eigenvalue weighted by Crippen LogP contribution is -2.40. The first-order chi connectivity index (χ1) is 8.72. The fourth-order valence-corrected chi connectivity index (χ4v) is 3.79. The van der Waals surface area contributed by atoms with E-state index in [4.69, 9.17) is 0 Å². The summed E-state index contributed by atoms with van der Waals surface area (Å²) in [6, 6.07) is 1.94. The van der Waals surface area contributed by atoms with Crippen LogP contribution in [-0.2, 0) is 0 Å². The summed E-state index contributed by atoms with van der Waals surface area (Å²) in [5.41, 5.74) is 0. The van der Waals surface area contributed by atoms with Crippen LogP contribution in [0.25, 0.3) is 0 Å². The maximum absolute atomic E-state index is 12.3. The third-order valence-corrected chi connectivity index (χ3v) is 5.22. The average Bonchev–Trinajstić information content (AvgIpc) is 2.82. The Labute approximate surface area is 133 Å². The molecule has 1 N–H and O–H groups in total. The topological polar surface area (TPSA) is 32.3 Å². The number of rotatable bonds is 4. The summed E-state index contributed by atoms with van der Waals surface area (Å²) < 4.78 is 0.923. The molecule has 1 saturated heterocycles. The number of carbonyl (C=O) groups excluding carboxylic acids is 1. The minimum absolute atomic E-state index is 0. The number of likely N-dealkylation sites (tertiary alicyclic amines) is 1. The first-order valence-corrected chi connectivity index (χ1v) is 8.12. The van der Waals surface area contributed by atoms with Gasteiger partial charge < -0.3 is 10.2 Å². The predicted molar refractivity (Wildman–Crippen MR) is 86.4 cm³/mol. The van der Waals surface area contributed by atoms with E-state index in [1.807, 2.05) is 16.3 Å². The Morgan fingerprint density at radius 1 is 1.53 bits per heavy atom. The number of carbonyl (C=O) groups is 1. The normalized spacial score (nSPS) is 16.2. The summed E-state index contributed by atoms with van der Waals surface area (Å²) in [4.78, 5) is 15.1. The van der Waals surface area contributed by atoms with Crippen LogP contribution >= 0.6 is 39.7 Å². The minimum Gasteiger partial charge on any atom is -0.338 e. The van der Waals surface area contributed by atoms with Crippen LogP contribution in [0.1, 0.15) is 29.4 Å². The van der Waals surface area contributed by atoms with E-state index in [2.05, 4.69) is 28.2 Å². The van der Waals surface area contributed by atoms with E-state index in [0.717, 1.165) is 54.3 Å². The van der Waals surface area contributed by atoms with E-state index in [-0.39, 0.29) is 18.3 Å².